The third kappa shape index (κ3) is 4.95. The minimum Gasteiger partial charge on any atom is -0.354 e. The number of nitrogens with one attached hydrogen (secondary N) is 2. The number of rotatable bonds is 9. The summed E-state index contributed by atoms with van der Waals surface area (Å²) in [6.07, 6.45) is 3.00. The quantitative estimate of drug-likeness (QED) is 0.411. The Kier molecular flexibility index (Phi) is 6.87. The first kappa shape index (κ1) is 20.9. The number of benzene rings is 1. The molecule has 0 fully saturated rings. The van der Waals surface area contributed by atoms with Crippen molar-refractivity contribution in [3.8, 4) is 0 Å². The largest absolute Gasteiger partial charge is 0.354 e. The lowest BCUT2D eigenvalue weighted by Gasteiger charge is -2.11. The zero-order valence-electron chi connectivity index (χ0n) is 16.3. The van der Waals surface area contributed by atoms with Crippen LogP contribution in [0.2, 0.25) is 5.28 Å². The molecule has 2 heterocycles. The van der Waals surface area contributed by atoms with Crippen LogP contribution >= 0.6 is 11.6 Å². The minimum absolute atomic E-state index is 0.0645. The fourth-order valence-corrected chi connectivity index (χ4v) is 3.38. The van der Waals surface area contributed by atoms with Crippen molar-refractivity contribution >= 4 is 28.7 Å². The first-order chi connectivity index (χ1) is 14.0. The monoisotopic (exact) mass is 417 g/mol. The van der Waals surface area contributed by atoms with E-state index in [-0.39, 0.29) is 41.9 Å². The van der Waals surface area contributed by atoms with Gasteiger partial charge in [0.05, 0.1) is 6.42 Å². The van der Waals surface area contributed by atoms with Crippen molar-refractivity contribution < 1.29 is 4.79 Å². The predicted octanol–water partition coefficient (Wildman–Crippen LogP) is 2.09. The molecule has 9 heteroatoms. The van der Waals surface area contributed by atoms with Gasteiger partial charge < -0.3 is 10.3 Å². The first-order valence-electron chi connectivity index (χ1n) is 9.70. The summed E-state index contributed by atoms with van der Waals surface area (Å²) in [4.78, 5) is 44.6. The Bertz CT molecular complexity index is 1100. The highest BCUT2D eigenvalue weighted by Gasteiger charge is 2.16. The number of hydrogen-bond acceptors (Lipinski definition) is 4. The molecule has 3 rings (SSSR count). The molecule has 1 aromatic carbocycles. The third-order valence-corrected chi connectivity index (χ3v) is 4.86. The molecule has 3 aromatic rings. The van der Waals surface area contributed by atoms with Crippen molar-refractivity contribution in [2.45, 2.75) is 45.7 Å². The number of H-pyrrole nitrogens is 1. The normalized spacial score (nSPS) is 11.1. The van der Waals surface area contributed by atoms with E-state index in [9.17, 15) is 14.4 Å². The van der Waals surface area contributed by atoms with Gasteiger partial charge >= 0.3 is 5.69 Å². The average molecular weight is 418 g/mol. The molecule has 0 saturated carbocycles. The Labute approximate surface area is 172 Å². The highest BCUT2D eigenvalue weighted by Crippen LogP contribution is 2.10. The van der Waals surface area contributed by atoms with E-state index < -0.39 is 11.2 Å². The number of nitrogens with zero attached hydrogens (tertiary/aromatic N) is 3. The molecule has 8 nitrogen and oxygen atoms in total. The Morgan fingerprint density at radius 3 is 2.62 bits per heavy atom. The number of fused-ring (bicyclic) bond motifs is 1. The Hall–Kier alpha value is -2.87. The number of aromatic amines is 1. The molecule has 0 aliphatic rings. The zero-order chi connectivity index (χ0) is 20.8. The number of amides is 1. The Balaban J connectivity index is 1.77. The van der Waals surface area contributed by atoms with Gasteiger partial charge in [-0.3, -0.25) is 18.7 Å². The second-order valence-corrected chi connectivity index (χ2v) is 7.19. The van der Waals surface area contributed by atoms with Crippen molar-refractivity contribution in [3.63, 3.8) is 0 Å². The maximum absolute atomic E-state index is 12.9. The van der Waals surface area contributed by atoms with Gasteiger partial charge in [0.2, 0.25) is 11.2 Å². The van der Waals surface area contributed by atoms with Gasteiger partial charge in [0.25, 0.3) is 5.56 Å². The molecule has 0 radical (unpaired) electrons. The van der Waals surface area contributed by atoms with E-state index in [1.165, 1.54) is 4.57 Å². The molecule has 1 amide bonds. The van der Waals surface area contributed by atoms with Crippen molar-refractivity contribution in [3.05, 3.63) is 62.0 Å². The summed E-state index contributed by atoms with van der Waals surface area (Å²) >= 11 is 5.93. The fraction of sp³-hybridized carbons (Fsp3) is 0.400. The Morgan fingerprint density at radius 2 is 1.90 bits per heavy atom. The molecule has 2 aromatic heterocycles. The lowest BCUT2D eigenvalue weighted by molar-refractivity contribution is -0.120. The lowest BCUT2D eigenvalue weighted by atomic mass is 10.1. The summed E-state index contributed by atoms with van der Waals surface area (Å²) in [5, 5.41) is 2.82. The molecular formula is C20H24ClN5O3. The van der Waals surface area contributed by atoms with Gasteiger partial charge in [0.1, 0.15) is 0 Å². The number of carbonyl (C=O) groups excluding carboxylic acids is 1. The smallest absolute Gasteiger partial charge is 0.332 e. The maximum atomic E-state index is 12.9. The van der Waals surface area contributed by atoms with Crippen molar-refractivity contribution in [2.24, 2.45) is 0 Å². The molecule has 0 atom stereocenters. The van der Waals surface area contributed by atoms with E-state index in [0.717, 1.165) is 29.4 Å². The first-order valence-corrected chi connectivity index (χ1v) is 10.1. The van der Waals surface area contributed by atoms with Gasteiger partial charge in [-0.05, 0) is 23.6 Å². The molecule has 2 N–H and O–H groups in total. The van der Waals surface area contributed by atoms with Crippen LogP contribution in [0.5, 0.6) is 0 Å². The standard InChI is InChI=1S/C20H24ClN5O3/c1-2-3-7-11-25-17-16(23-19(21)24-17)18(28)26(20(25)29)12-10-22-15(27)13-14-8-5-4-6-9-14/h4-6,8-9H,2-3,7,10-13H2,1H3,(H,22,27)(H,23,24). The highest BCUT2D eigenvalue weighted by atomic mass is 35.5. The summed E-state index contributed by atoms with van der Waals surface area (Å²) in [6, 6.07) is 9.36. The minimum atomic E-state index is -0.492. The molecule has 29 heavy (non-hydrogen) atoms. The number of halogens is 1. The summed E-state index contributed by atoms with van der Waals surface area (Å²) < 4.78 is 2.59. The van der Waals surface area contributed by atoms with Crippen LogP contribution in [0.3, 0.4) is 0 Å². The second-order valence-electron chi connectivity index (χ2n) is 6.84. The second kappa shape index (κ2) is 9.56. The van der Waals surface area contributed by atoms with Crippen LogP contribution in [0, 0.1) is 0 Å². The average Bonchev–Trinajstić information content (AvgIpc) is 3.09. The van der Waals surface area contributed by atoms with E-state index in [2.05, 4.69) is 22.2 Å². The van der Waals surface area contributed by atoms with Gasteiger partial charge in [-0.2, -0.15) is 4.98 Å². The van der Waals surface area contributed by atoms with Crippen LogP contribution in [0.15, 0.2) is 39.9 Å². The van der Waals surface area contributed by atoms with Gasteiger partial charge in [0.15, 0.2) is 11.2 Å². The SMILES string of the molecule is CCCCCn1c(=O)n(CCNC(=O)Cc2ccccc2)c(=O)c2[nH]c(Cl)nc21. The van der Waals surface area contributed by atoms with Crippen LogP contribution in [0.4, 0.5) is 0 Å². The van der Waals surface area contributed by atoms with E-state index in [0.29, 0.717) is 6.54 Å². The fourth-order valence-electron chi connectivity index (χ4n) is 3.21. The van der Waals surface area contributed by atoms with Crippen molar-refractivity contribution in [1.29, 1.82) is 0 Å². The third-order valence-electron chi connectivity index (χ3n) is 4.68. The zero-order valence-corrected chi connectivity index (χ0v) is 17.0. The lowest BCUT2D eigenvalue weighted by Crippen LogP contribution is -2.43. The number of unbranched alkanes of at least 4 members (excludes halogenated alkanes) is 2. The van der Waals surface area contributed by atoms with Gasteiger partial charge in [0, 0.05) is 19.6 Å². The number of carbonyl (C=O) groups is 1. The van der Waals surface area contributed by atoms with Gasteiger partial charge in [-0.25, -0.2) is 4.79 Å². The molecule has 0 unspecified atom stereocenters. The van der Waals surface area contributed by atoms with Crippen molar-refractivity contribution in [2.75, 3.05) is 6.54 Å². The molecule has 0 aliphatic heterocycles. The topological polar surface area (TPSA) is 102 Å². The highest BCUT2D eigenvalue weighted by molar-refractivity contribution is 6.28. The summed E-state index contributed by atoms with van der Waals surface area (Å²) in [7, 11) is 0. The summed E-state index contributed by atoms with van der Waals surface area (Å²) in [6.45, 7) is 2.76. The van der Waals surface area contributed by atoms with E-state index >= 15 is 0 Å². The molecule has 0 spiro atoms. The van der Waals surface area contributed by atoms with E-state index in [1.54, 1.807) is 0 Å². The van der Waals surface area contributed by atoms with Crippen molar-refractivity contribution in [1.82, 2.24) is 24.4 Å². The molecule has 0 saturated heterocycles. The molecule has 0 aliphatic carbocycles. The summed E-state index contributed by atoms with van der Waals surface area (Å²) in [5.74, 6) is -0.168. The number of imidazole rings is 1. The van der Waals surface area contributed by atoms with Crippen LogP contribution in [-0.2, 0) is 24.3 Å². The van der Waals surface area contributed by atoms with Crippen LogP contribution < -0.4 is 16.6 Å². The van der Waals surface area contributed by atoms with E-state index in [1.807, 2.05) is 30.3 Å². The predicted molar refractivity (Wildman–Crippen MR) is 112 cm³/mol. The van der Waals surface area contributed by atoms with Crippen LogP contribution in [0.1, 0.15) is 31.7 Å². The number of aromatic nitrogens is 4. The maximum Gasteiger partial charge on any atom is 0.332 e. The molecular weight excluding hydrogens is 394 g/mol. The van der Waals surface area contributed by atoms with Crippen LogP contribution in [0.25, 0.3) is 11.2 Å². The summed E-state index contributed by atoms with van der Waals surface area (Å²) in [5.41, 5.74) is 0.425. The van der Waals surface area contributed by atoms with Gasteiger partial charge in [-0.1, -0.05) is 50.1 Å². The van der Waals surface area contributed by atoms with Gasteiger partial charge in [-0.15, -0.1) is 0 Å². The number of hydrogen-bond donors (Lipinski definition) is 2. The van der Waals surface area contributed by atoms with Crippen LogP contribution in [-0.4, -0.2) is 31.6 Å². The van der Waals surface area contributed by atoms with E-state index in [4.69, 9.17) is 11.6 Å². The number of aryl methyl sites for hydroxylation is 1. The Morgan fingerprint density at radius 1 is 1.14 bits per heavy atom. The molecule has 0 bridgehead atoms. The molecule has 154 valence electrons.